The third-order valence-corrected chi connectivity index (χ3v) is 7.65. The molecule has 0 amide bonds. The van der Waals surface area contributed by atoms with Gasteiger partial charge in [0.1, 0.15) is 24.1 Å². The quantitative estimate of drug-likeness (QED) is 0.0567. The number of nitrogens with zero attached hydrogens (tertiary/aromatic N) is 6. The number of alkyl halides is 6. The van der Waals surface area contributed by atoms with E-state index in [1.165, 1.54) is 48.8 Å². The van der Waals surface area contributed by atoms with Crippen LogP contribution in [0.1, 0.15) is 75.3 Å². The molecule has 0 N–H and O–H groups in total. The van der Waals surface area contributed by atoms with Crippen LogP contribution in [0.2, 0.25) is 0 Å². The number of aryl methyl sites for hydroxylation is 2. The van der Waals surface area contributed by atoms with Gasteiger partial charge in [-0.05, 0) is 54.7 Å². The normalized spacial score (nSPS) is 13.5. The summed E-state index contributed by atoms with van der Waals surface area (Å²) >= 11 is 0. The largest absolute Gasteiger partial charge is 0.445 e. The molecule has 0 unspecified atom stereocenters. The van der Waals surface area contributed by atoms with Crippen LogP contribution in [0.15, 0.2) is 71.8 Å². The van der Waals surface area contributed by atoms with E-state index in [0.717, 1.165) is 21.8 Å². The summed E-state index contributed by atoms with van der Waals surface area (Å²) in [4.78, 5) is 68.2. The van der Waals surface area contributed by atoms with Crippen LogP contribution >= 0.6 is 0 Å². The van der Waals surface area contributed by atoms with Gasteiger partial charge < -0.3 is 0 Å². The minimum atomic E-state index is -4.92. The number of ketones is 2. The van der Waals surface area contributed by atoms with E-state index < -0.39 is 60.4 Å². The Kier molecular flexibility index (Phi) is 10.1. The van der Waals surface area contributed by atoms with E-state index >= 15 is 0 Å². The number of benzene rings is 2. The first-order chi connectivity index (χ1) is 23.9. The van der Waals surface area contributed by atoms with Crippen molar-refractivity contribution in [2.75, 3.05) is 0 Å². The molecule has 0 aliphatic heterocycles. The van der Waals surface area contributed by atoms with Crippen molar-refractivity contribution in [2.45, 2.75) is 58.3 Å². The number of imidazole rings is 2. The molecule has 2 heterocycles. The Bertz CT molecular complexity index is 1950. The predicted molar refractivity (Wildman–Crippen MR) is 167 cm³/mol. The summed E-state index contributed by atoms with van der Waals surface area (Å²) in [6.45, 7) is 4.95. The van der Waals surface area contributed by atoms with Crippen molar-refractivity contribution in [3.8, 4) is 11.1 Å². The number of aromatic nitrogens is 4. The molecule has 18 heteroatoms. The lowest BCUT2D eigenvalue weighted by Crippen LogP contribution is -2.24. The fourth-order valence-electron chi connectivity index (χ4n) is 5.42. The molecule has 0 fully saturated rings. The van der Waals surface area contributed by atoms with Crippen LogP contribution in [-0.4, -0.2) is 66.6 Å². The SMILES string of the molecule is CCC1c2ccc(C(=O)/C(CC(F)(F)F)=N/OC(=O)n3cnc(C)c3)cc2-c2cc(C(=O)/C(CC(F)(F)F)=N/OC(=O)n3cnc(C)c3)ccc21. The van der Waals surface area contributed by atoms with Crippen molar-refractivity contribution in [3.63, 3.8) is 0 Å². The molecule has 0 bridgehead atoms. The van der Waals surface area contributed by atoms with Crippen molar-refractivity contribution in [1.82, 2.24) is 19.1 Å². The van der Waals surface area contributed by atoms with Gasteiger partial charge in [0.05, 0.1) is 24.2 Å². The first-order valence-corrected chi connectivity index (χ1v) is 15.0. The molecular formula is C33H26F6N6O6. The van der Waals surface area contributed by atoms with Crippen LogP contribution in [0.25, 0.3) is 11.1 Å². The summed E-state index contributed by atoms with van der Waals surface area (Å²) in [5.41, 5.74) is -0.0639. The maximum absolute atomic E-state index is 13.5. The molecule has 1 aliphatic carbocycles. The maximum atomic E-state index is 13.5. The van der Waals surface area contributed by atoms with Crippen LogP contribution in [0.3, 0.4) is 0 Å². The topological polar surface area (TPSA) is 147 Å². The highest BCUT2D eigenvalue weighted by Gasteiger charge is 2.37. The average Bonchev–Trinajstić information content (AvgIpc) is 3.79. The van der Waals surface area contributed by atoms with Gasteiger partial charge >= 0.3 is 24.5 Å². The Morgan fingerprint density at radius 3 is 1.41 bits per heavy atom. The zero-order chi connectivity index (χ0) is 37.2. The van der Waals surface area contributed by atoms with Gasteiger partial charge in [-0.25, -0.2) is 28.7 Å². The monoisotopic (exact) mass is 716 g/mol. The zero-order valence-electron chi connectivity index (χ0n) is 26.9. The van der Waals surface area contributed by atoms with Crippen LogP contribution in [0.5, 0.6) is 0 Å². The predicted octanol–water partition coefficient (Wildman–Crippen LogP) is 7.57. The molecule has 2 aromatic heterocycles. The number of rotatable bonds is 9. The number of hydrogen-bond donors (Lipinski definition) is 0. The summed E-state index contributed by atoms with van der Waals surface area (Å²) in [7, 11) is 0. The molecule has 12 nitrogen and oxygen atoms in total. The van der Waals surface area contributed by atoms with Gasteiger partial charge in [0, 0.05) is 29.4 Å². The fraction of sp³-hybridized carbons (Fsp3) is 0.273. The Morgan fingerprint density at radius 2 is 1.10 bits per heavy atom. The van der Waals surface area contributed by atoms with Gasteiger partial charge in [-0.15, -0.1) is 0 Å². The molecule has 0 atom stereocenters. The molecule has 1 aliphatic rings. The molecule has 51 heavy (non-hydrogen) atoms. The third kappa shape index (κ3) is 8.45. The van der Waals surface area contributed by atoms with Crippen LogP contribution in [0, 0.1) is 13.8 Å². The molecule has 266 valence electrons. The number of carbonyl (C=O) groups excluding carboxylic acids is 4. The summed E-state index contributed by atoms with van der Waals surface area (Å²) in [6.07, 6.45) is -10.9. The zero-order valence-corrected chi connectivity index (χ0v) is 26.9. The van der Waals surface area contributed by atoms with E-state index in [-0.39, 0.29) is 17.0 Å². The second-order valence-corrected chi connectivity index (χ2v) is 11.4. The van der Waals surface area contributed by atoms with Crippen LogP contribution in [-0.2, 0) is 9.68 Å². The first-order valence-electron chi connectivity index (χ1n) is 15.0. The van der Waals surface area contributed by atoms with Gasteiger partial charge in [-0.1, -0.05) is 41.5 Å². The second kappa shape index (κ2) is 14.1. The van der Waals surface area contributed by atoms with E-state index in [9.17, 15) is 45.5 Å². The van der Waals surface area contributed by atoms with Crippen molar-refractivity contribution < 1.29 is 55.2 Å². The van der Waals surface area contributed by atoms with Crippen molar-refractivity contribution in [1.29, 1.82) is 0 Å². The summed E-state index contributed by atoms with van der Waals surface area (Å²) in [5.74, 6) is -2.73. The smallest absolute Gasteiger partial charge is 0.297 e. The molecule has 4 aromatic rings. The minimum Gasteiger partial charge on any atom is -0.297 e. The molecule has 0 spiro atoms. The van der Waals surface area contributed by atoms with E-state index in [1.807, 2.05) is 6.92 Å². The number of Topliss-reactive ketones (excluding diaryl/α,β-unsaturated/α-hetero) is 2. The lowest BCUT2D eigenvalue weighted by atomic mass is 9.92. The second-order valence-electron chi connectivity index (χ2n) is 11.4. The fourth-order valence-corrected chi connectivity index (χ4v) is 5.42. The molecule has 0 saturated carbocycles. The first kappa shape index (κ1) is 36.3. The molecule has 0 saturated heterocycles. The lowest BCUT2D eigenvalue weighted by Gasteiger charge is -2.12. The number of carbonyl (C=O) groups is 4. The van der Waals surface area contributed by atoms with E-state index in [1.54, 1.807) is 13.8 Å². The molecule has 2 aromatic carbocycles. The number of fused-ring (bicyclic) bond motifs is 3. The van der Waals surface area contributed by atoms with Crippen molar-refractivity contribution in [2.24, 2.45) is 10.3 Å². The molecular weight excluding hydrogens is 690 g/mol. The third-order valence-electron chi connectivity index (χ3n) is 7.65. The highest BCUT2D eigenvalue weighted by atomic mass is 19.4. The maximum Gasteiger partial charge on any atom is 0.445 e. The highest BCUT2D eigenvalue weighted by molar-refractivity contribution is 6.46. The van der Waals surface area contributed by atoms with E-state index in [4.69, 9.17) is 0 Å². The van der Waals surface area contributed by atoms with Gasteiger partial charge in [0.25, 0.3) is 0 Å². The van der Waals surface area contributed by atoms with Crippen molar-refractivity contribution in [3.05, 3.63) is 95.1 Å². The highest BCUT2D eigenvalue weighted by Crippen LogP contribution is 2.47. The summed E-state index contributed by atoms with van der Waals surface area (Å²) in [6, 6.07) is 8.12. The van der Waals surface area contributed by atoms with Gasteiger partial charge in [0.2, 0.25) is 11.6 Å². The molecule has 0 radical (unpaired) electrons. The Labute approximate surface area is 284 Å². The standard InChI is InChI=1S/C33H26F6N6O6/c1-4-21-22-7-5-19(28(46)26(11-32(34,35)36)42-50-30(48)44-13-17(2)40-15-44)9-24(22)25-10-20(6-8-23(21)25)29(47)27(12-33(37,38)39)43-51-31(49)45-14-18(3)41-16-45/h5-10,13-16,21H,4,11-12H2,1-3H3/b42-26+,43-27+. The van der Waals surface area contributed by atoms with Crippen LogP contribution < -0.4 is 0 Å². The van der Waals surface area contributed by atoms with Gasteiger partial charge in [0.15, 0.2) is 0 Å². The van der Waals surface area contributed by atoms with E-state index in [2.05, 4.69) is 30.0 Å². The Hall–Kier alpha value is -5.94. The number of halogens is 6. The lowest BCUT2D eigenvalue weighted by molar-refractivity contribution is -0.122. The minimum absolute atomic E-state index is 0.272. The van der Waals surface area contributed by atoms with Crippen molar-refractivity contribution >= 4 is 35.2 Å². The van der Waals surface area contributed by atoms with Gasteiger partial charge in [-0.3, -0.25) is 19.3 Å². The number of oxime groups is 2. The van der Waals surface area contributed by atoms with Crippen LogP contribution in [0.4, 0.5) is 35.9 Å². The van der Waals surface area contributed by atoms with E-state index in [0.29, 0.717) is 40.1 Å². The Balaban J connectivity index is 1.48. The molecule has 5 rings (SSSR count). The average molecular weight is 717 g/mol. The van der Waals surface area contributed by atoms with Gasteiger partial charge in [-0.2, -0.15) is 26.3 Å². The Morgan fingerprint density at radius 1 is 0.706 bits per heavy atom. The summed E-state index contributed by atoms with van der Waals surface area (Å²) in [5, 5.41) is 6.47. The summed E-state index contributed by atoms with van der Waals surface area (Å²) < 4.78 is 82.6. The number of hydrogen-bond acceptors (Lipinski definition) is 10.